The summed E-state index contributed by atoms with van der Waals surface area (Å²) in [6, 6.07) is 13.4. The lowest BCUT2D eigenvalue weighted by Gasteiger charge is -2.22. The van der Waals surface area contributed by atoms with Gasteiger partial charge in [0.1, 0.15) is 0 Å². The van der Waals surface area contributed by atoms with E-state index in [0.29, 0.717) is 11.4 Å². The standard InChI is InChI=1S/C16H17NO2S3/c1-20-12-6-4-11(5-7-12)17(16(18)19)14-9-8-13(21-2)10-15(14)22-3/h4-10H,1-3H3,(H,18,19). The predicted octanol–water partition coefficient (Wildman–Crippen LogP) is 5.67. The van der Waals surface area contributed by atoms with Crippen LogP contribution in [0, 0.1) is 0 Å². The minimum Gasteiger partial charge on any atom is -0.464 e. The van der Waals surface area contributed by atoms with E-state index in [9.17, 15) is 9.90 Å². The molecule has 0 unspecified atom stereocenters. The fraction of sp³-hybridized carbons (Fsp3) is 0.188. The molecule has 22 heavy (non-hydrogen) atoms. The maximum atomic E-state index is 11.8. The molecule has 0 fully saturated rings. The zero-order valence-corrected chi connectivity index (χ0v) is 15.0. The molecule has 6 heteroatoms. The van der Waals surface area contributed by atoms with Crippen LogP contribution in [0.15, 0.2) is 57.2 Å². The van der Waals surface area contributed by atoms with Crippen LogP contribution in [0.2, 0.25) is 0 Å². The number of hydrogen-bond acceptors (Lipinski definition) is 4. The average Bonchev–Trinajstić information content (AvgIpc) is 2.55. The normalized spacial score (nSPS) is 10.5. The Bertz CT molecular complexity index is 659. The number of nitrogens with zero attached hydrogens (tertiary/aromatic N) is 1. The third kappa shape index (κ3) is 3.74. The van der Waals surface area contributed by atoms with Crippen molar-refractivity contribution in [2.45, 2.75) is 14.7 Å². The van der Waals surface area contributed by atoms with E-state index in [1.807, 2.05) is 61.2 Å². The Morgan fingerprint density at radius 2 is 1.50 bits per heavy atom. The van der Waals surface area contributed by atoms with Crippen molar-refractivity contribution in [2.75, 3.05) is 23.7 Å². The van der Waals surface area contributed by atoms with Crippen LogP contribution in [0.25, 0.3) is 0 Å². The highest BCUT2D eigenvalue weighted by Crippen LogP contribution is 2.36. The van der Waals surface area contributed by atoms with Gasteiger partial charge in [-0.25, -0.2) is 9.69 Å². The predicted molar refractivity (Wildman–Crippen MR) is 98.4 cm³/mol. The van der Waals surface area contributed by atoms with Crippen molar-refractivity contribution in [1.82, 2.24) is 0 Å². The van der Waals surface area contributed by atoms with E-state index in [0.717, 1.165) is 14.7 Å². The number of amides is 1. The summed E-state index contributed by atoms with van der Waals surface area (Å²) < 4.78 is 0. The fourth-order valence-electron chi connectivity index (χ4n) is 2.05. The van der Waals surface area contributed by atoms with E-state index >= 15 is 0 Å². The molecular formula is C16H17NO2S3. The van der Waals surface area contributed by atoms with Gasteiger partial charge in [0.2, 0.25) is 0 Å². The molecule has 0 bridgehead atoms. The number of benzene rings is 2. The van der Waals surface area contributed by atoms with Gasteiger partial charge in [0.05, 0.1) is 11.4 Å². The molecule has 1 amide bonds. The number of thioether (sulfide) groups is 3. The minimum atomic E-state index is -0.982. The van der Waals surface area contributed by atoms with Gasteiger partial charge in [0.15, 0.2) is 0 Å². The van der Waals surface area contributed by atoms with Gasteiger partial charge in [0, 0.05) is 14.7 Å². The third-order valence-corrected chi connectivity index (χ3v) is 5.39. The maximum Gasteiger partial charge on any atom is 0.416 e. The summed E-state index contributed by atoms with van der Waals surface area (Å²) in [4.78, 5) is 16.3. The molecule has 0 aliphatic rings. The van der Waals surface area contributed by atoms with Crippen molar-refractivity contribution in [1.29, 1.82) is 0 Å². The van der Waals surface area contributed by atoms with Crippen molar-refractivity contribution < 1.29 is 9.90 Å². The van der Waals surface area contributed by atoms with E-state index in [2.05, 4.69) is 0 Å². The van der Waals surface area contributed by atoms with E-state index < -0.39 is 6.09 Å². The fourth-order valence-corrected chi connectivity index (χ4v) is 3.59. The van der Waals surface area contributed by atoms with Crippen molar-refractivity contribution in [3.05, 3.63) is 42.5 Å². The quantitative estimate of drug-likeness (QED) is 0.703. The number of carbonyl (C=O) groups is 1. The molecule has 0 radical (unpaired) electrons. The highest BCUT2D eigenvalue weighted by molar-refractivity contribution is 7.99. The first-order chi connectivity index (χ1) is 10.6. The molecular weight excluding hydrogens is 334 g/mol. The molecule has 0 aliphatic carbocycles. The van der Waals surface area contributed by atoms with Gasteiger partial charge in [0.25, 0.3) is 0 Å². The van der Waals surface area contributed by atoms with Crippen molar-refractivity contribution in [3.8, 4) is 0 Å². The second kappa shape index (κ2) is 7.85. The zero-order chi connectivity index (χ0) is 16.1. The van der Waals surface area contributed by atoms with Crippen molar-refractivity contribution in [2.24, 2.45) is 0 Å². The molecule has 0 aromatic heterocycles. The van der Waals surface area contributed by atoms with E-state index in [4.69, 9.17) is 0 Å². The molecule has 0 saturated heterocycles. The van der Waals surface area contributed by atoms with Crippen molar-refractivity contribution >= 4 is 52.8 Å². The van der Waals surface area contributed by atoms with Crippen LogP contribution in [-0.2, 0) is 0 Å². The van der Waals surface area contributed by atoms with Crippen LogP contribution >= 0.6 is 35.3 Å². The Hall–Kier alpha value is -1.24. The van der Waals surface area contributed by atoms with E-state index in [1.54, 1.807) is 35.3 Å². The van der Waals surface area contributed by atoms with E-state index in [1.165, 1.54) is 4.90 Å². The van der Waals surface area contributed by atoms with Gasteiger partial charge in [-0.15, -0.1) is 35.3 Å². The summed E-state index contributed by atoms with van der Waals surface area (Å²) in [5.74, 6) is 0. The summed E-state index contributed by atoms with van der Waals surface area (Å²) in [7, 11) is 0. The summed E-state index contributed by atoms with van der Waals surface area (Å²) in [5, 5.41) is 9.66. The number of carboxylic acid groups (broad SMARTS) is 1. The average molecular weight is 352 g/mol. The lowest BCUT2D eigenvalue weighted by molar-refractivity contribution is 0.204. The molecule has 0 saturated carbocycles. The van der Waals surface area contributed by atoms with Crippen LogP contribution < -0.4 is 4.90 Å². The van der Waals surface area contributed by atoms with Gasteiger partial charge in [-0.2, -0.15) is 0 Å². The first-order valence-electron chi connectivity index (χ1n) is 6.50. The highest BCUT2D eigenvalue weighted by Gasteiger charge is 2.20. The third-order valence-electron chi connectivity index (χ3n) is 3.15. The molecule has 0 heterocycles. The zero-order valence-electron chi connectivity index (χ0n) is 12.6. The lowest BCUT2D eigenvalue weighted by Crippen LogP contribution is -2.24. The topological polar surface area (TPSA) is 40.5 Å². The maximum absolute atomic E-state index is 11.8. The molecule has 116 valence electrons. The van der Waals surface area contributed by atoms with Gasteiger partial charge < -0.3 is 5.11 Å². The Morgan fingerprint density at radius 3 is 2.00 bits per heavy atom. The Balaban J connectivity index is 2.49. The van der Waals surface area contributed by atoms with Gasteiger partial charge >= 0.3 is 6.09 Å². The smallest absolute Gasteiger partial charge is 0.416 e. The largest absolute Gasteiger partial charge is 0.464 e. The van der Waals surface area contributed by atoms with Crippen LogP contribution in [0.5, 0.6) is 0 Å². The molecule has 2 aromatic rings. The Labute approximate surface area is 143 Å². The Kier molecular flexibility index (Phi) is 6.11. The minimum absolute atomic E-state index is 0.650. The number of hydrogen-bond donors (Lipinski definition) is 1. The van der Waals surface area contributed by atoms with Crippen LogP contribution in [0.3, 0.4) is 0 Å². The molecule has 2 rings (SSSR count). The first-order valence-corrected chi connectivity index (χ1v) is 10.2. The summed E-state index contributed by atoms with van der Waals surface area (Å²) in [6.45, 7) is 0. The molecule has 0 spiro atoms. The number of anilines is 2. The summed E-state index contributed by atoms with van der Waals surface area (Å²) in [5.41, 5.74) is 1.34. The first kappa shape index (κ1) is 17.1. The molecule has 2 aromatic carbocycles. The lowest BCUT2D eigenvalue weighted by atomic mass is 10.2. The second-order valence-electron chi connectivity index (χ2n) is 4.35. The van der Waals surface area contributed by atoms with Crippen molar-refractivity contribution in [3.63, 3.8) is 0 Å². The molecule has 0 atom stereocenters. The molecule has 3 nitrogen and oxygen atoms in total. The summed E-state index contributed by atoms with van der Waals surface area (Å²) >= 11 is 4.83. The monoisotopic (exact) mass is 351 g/mol. The van der Waals surface area contributed by atoms with Crippen LogP contribution in [0.1, 0.15) is 0 Å². The second-order valence-corrected chi connectivity index (χ2v) is 6.96. The van der Waals surface area contributed by atoms with Gasteiger partial charge in [-0.05, 0) is 61.2 Å². The highest BCUT2D eigenvalue weighted by atomic mass is 32.2. The summed E-state index contributed by atoms with van der Waals surface area (Å²) in [6.07, 6.45) is 4.98. The van der Waals surface area contributed by atoms with E-state index in [-0.39, 0.29) is 0 Å². The molecule has 1 N–H and O–H groups in total. The Morgan fingerprint density at radius 1 is 0.909 bits per heavy atom. The van der Waals surface area contributed by atoms with Gasteiger partial charge in [-0.3, -0.25) is 0 Å². The van der Waals surface area contributed by atoms with Crippen LogP contribution in [-0.4, -0.2) is 30.0 Å². The van der Waals surface area contributed by atoms with Gasteiger partial charge in [-0.1, -0.05) is 0 Å². The van der Waals surface area contributed by atoms with Crippen LogP contribution in [0.4, 0.5) is 16.2 Å². The number of rotatable bonds is 5. The SMILES string of the molecule is CSc1ccc(N(C(=O)O)c2ccc(SC)cc2SC)cc1. The molecule has 0 aliphatic heterocycles.